The van der Waals surface area contributed by atoms with Crippen molar-refractivity contribution in [3.8, 4) is 0 Å². The summed E-state index contributed by atoms with van der Waals surface area (Å²) in [5, 5.41) is 6.53. The minimum Gasteiger partial charge on any atom is -0.368 e. The normalized spacial score (nSPS) is 44.4. The Morgan fingerprint density at radius 3 is 2.84 bits per heavy atom. The second-order valence-corrected chi connectivity index (χ2v) is 8.39. The number of fused-ring (bicyclic) bond motifs is 1. The van der Waals surface area contributed by atoms with Crippen molar-refractivity contribution >= 4 is 5.91 Å². The van der Waals surface area contributed by atoms with Gasteiger partial charge in [-0.3, -0.25) is 4.79 Å². The van der Waals surface area contributed by atoms with Gasteiger partial charge in [0.2, 0.25) is 5.91 Å². The van der Waals surface area contributed by atoms with Crippen LogP contribution in [0.3, 0.4) is 0 Å². The molecule has 6 unspecified atom stereocenters. The van der Waals surface area contributed by atoms with Crippen LogP contribution in [0.1, 0.15) is 51.4 Å². The summed E-state index contributed by atoms with van der Waals surface area (Å²) in [5.74, 6) is 1.23. The van der Waals surface area contributed by atoms with E-state index in [0.29, 0.717) is 24.0 Å². The second-order valence-electron chi connectivity index (χ2n) is 8.39. The van der Waals surface area contributed by atoms with Crippen LogP contribution in [0.4, 0.5) is 0 Å². The second kappa shape index (κ2) is 7.91. The Morgan fingerprint density at radius 2 is 2.04 bits per heavy atom. The number of hydrogen-bond donors (Lipinski definition) is 3. The summed E-state index contributed by atoms with van der Waals surface area (Å²) in [6, 6.07) is 0.263. The van der Waals surface area contributed by atoms with Crippen LogP contribution in [0.5, 0.6) is 0 Å². The lowest BCUT2D eigenvalue weighted by atomic mass is 9.75. The van der Waals surface area contributed by atoms with Gasteiger partial charge in [-0.2, -0.15) is 0 Å². The Kier molecular flexibility index (Phi) is 5.60. The standard InChI is InChI=1S/C19H33N3O3/c20-10-14-9-12-3-1-5-15(18(12)24-14)16-6-7-17(25-16)19(23)22-13-4-2-8-21-11-13/h12-18,21H,1-11,20H2,(H,22,23)/p+1/t12?,13?,14-,15?,16?,17?,18?/m0/s1. The first-order valence-electron chi connectivity index (χ1n) is 10.4. The van der Waals surface area contributed by atoms with Crippen molar-refractivity contribution in [3.63, 3.8) is 0 Å². The highest BCUT2D eigenvalue weighted by Gasteiger charge is 2.47. The van der Waals surface area contributed by atoms with Gasteiger partial charge in [0.1, 0.15) is 18.8 Å². The van der Waals surface area contributed by atoms with Crippen LogP contribution in [-0.2, 0) is 14.3 Å². The van der Waals surface area contributed by atoms with E-state index in [1.807, 2.05) is 0 Å². The molecule has 4 fully saturated rings. The van der Waals surface area contributed by atoms with E-state index in [-0.39, 0.29) is 24.2 Å². The van der Waals surface area contributed by atoms with Crippen LogP contribution in [0.15, 0.2) is 0 Å². The number of carbonyl (C=O) groups is 1. The molecule has 142 valence electrons. The fraction of sp³-hybridized carbons (Fsp3) is 0.947. The summed E-state index contributed by atoms with van der Waals surface area (Å²) < 4.78 is 12.6. The molecule has 1 amide bonds. The molecule has 5 N–H and O–H groups in total. The Morgan fingerprint density at radius 1 is 1.12 bits per heavy atom. The Labute approximate surface area is 150 Å². The lowest BCUT2D eigenvalue weighted by molar-refractivity contribution is -0.385. The molecular formula is C19H34N3O3+. The Hall–Kier alpha value is -0.690. The zero-order valence-corrected chi connectivity index (χ0v) is 15.3. The molecule has 25 heavy (non-hydrogen) atoms. The van der Waals surface area contributed by atoms with E-state index >= 15 is 0 Å². The molecule has 4 rings (SSSR count). The number of nitrogens with one attached hydrogen (secondary N) is 2. The molecule has 0 aromatic carbocycles. The van der Waals surface area contributed by atoms with E-state index in [4.69, 9.17) is 9.47 Å². The number of piperidine rings is 1. The lowest BCUT2D eigenvalue weighted by Crippen LogP contribution is -2.55. The molecule has 0 aromatic heterocycles. The number of quaternary nitrogens is 1. The van der Waals surface area contributed by atoms with Crippen molar-refractivity contribution < 1.29 is 20.0 Å². The van der Waals surface area contributed by atoms with Crippen molar-refractivity contribution in [2.24, 2.45) is 11.8 Å². The fourth-order valence-electron chi connectivity index (χ4n) is 5.40. The van der Waals surface area contributed by atoms with Gasteiger partial charge in [-0.25, -0.2) is 0 Å². The summed E-state index contributed by atoms with van der Waals surface area (Å²) in [4.78, 5) is 12.6. The quantitative estimate of drug-likeness (QED) is 0.675. The van der Waals surface area contributed by atoms with E-state index in [0.717, 1.165) is 51.7 Å². The molecule has 0 aromatic rings. The van der Waals surface area contributed by atoms with Crippen LogP contribution in [-0.4, -0.2) is 56.0 Å². The van der Waals surface area contributed by atoms with E-state index in [9.17, 15) is 4.79 Å². The molecule has 1 saturated carbocycles. The van der Waals surface area contributed by atoms with Gasteiger partial charge in [-0.1, -0.05) is 6.42 Å². The SMILES string of the molecule is [NH3+]C[C@@H]1CC2CCCC(C3CCC(C(=O)NC4CCCNC4)O3)C2O1. The minimum absolute atomic E-state index is 0.0894. The highest BCUT2D eigenvalue weighted by atomic mass is 16.5. The third-order valence-corrected chi connectivity index (χ3v) is 6.70. The van der Waals surface area contributed by atoms with Gasteiger partial charge < -0.3 is 25.8 Å². The van der Waals surface area contributed by atoms with Crippen LogP contribution in [0, 0.1) is 11.8 Å². The van der Waals surface area contributed by atoms with Crippen LogP contribution in [0.25, 0.3) is 0 Å². The van der Waals surface area contributed by atoms with E-state index in [2.05, 4.69) is 16.4 Å². The van der Waals surface area contributed by atoms with E-state index in [1.165, 1.54) is 19.3 Å². The van der Waals surface area contributed by atoms with Gasteiger partial charge in [-0.05, 0) is 57.4 Å². The van der Waals surface area contributed by atoms with Crippen molar-refractivity contribution in [2.45, 2.75) is 81.8 Å². The molecule has 0 spiro atoms. The predicted molar refractivity (Wildman–Crippen MR) is 93.8 cm³/mol. The summed E-state index contributed by atoms with van der Waals surface area (Å²) >= 11 is 0. The Balaban J connectivity index is 1.31. The molecule has 0 bridgehead atoms. The van der Waals surface area contributed by atoms with Gasteiger partial charge >= 0.3 is 0 Å². The molecule has 6 heteroatoms. The highest BCUT2D eigenvalue weighted by Crippen LogP contribution is 2.44. The largest absolute Gasteiger partial charge is 0.368 e. The van der Waals surface area contributed by atoms with Crippen LogP contribution >= 0.6 is 0 Å². The zero-order chi connectivity index (χ0) is 17.2. The van der Waals surface area contributed by atoms with E-state index < -0.39 is 0 Å². The molecule has 0 radical (unpaired) electrons. The summed E-state index contributed by atoms with van der Waals surface area (Å²) in [6.45, 7) is 2.81. The minimum atomic E-state index is -0.266. The maximum atomic E-state index is 12.6. The van der Waals surface area contributed by atoms with Gasteiger partial charge in [0.25, 0.3) is 0 Å². The van der Waals surface area contributed by atoms with Crippen molar-refractivity contribution in [3.05, 3.63) is 0 Å². The molecule has 3 saturated heterocycles. The lowest BCUT2D eigenvalue weighted by Gasteiger charge is -2.36. The molecule has 3 heterocycles. The monoisotopic (exact) mass is 352 g/mol. The van der Waals surface area contributed by atoms with Crippen LogP contribution in [0.2, 0.25) is 0 Å². The number of ether oxygens (including phenoxy) is 2. The molecule has 7 atom stereocenters. The number of hydrogen-bond acceptors (Lipinski definition) is 4. The zero-order valence-electron chi connectivity index (χ0n) is 15.3. The topological polar surface area (TPSA) is 87.2 Å². The Bertz CT molecular complexity index is 469. The molecule has 6 nitrogen and oxygen atoms in total. The van der Waals surface area contributed by atoms with Crippen LogP contribution < -0.4 is 16.4 Å². The van der Waals surface area contributed by atoms with Gasteiger partial charge in [-0.15, -0.1) is 0 Å². The summed E-state index contributed by atoms with van der Waals surface area (Å²) in [5.41, 5.74) is 4.02. The third kappa shape index (κ3) is 3.87. The van der Waals surface area contributed by atoms with Crippen molar-refractivity contribution in [1.29, 1.82) is 0 Å². The summed E-state index contributed by atoms with van der Waals surface area (Å²) in [6.07, 6.45) is 9.52. The molecule has 1 aliphatic carbocycles. The van der Waals surface area contributed by atoms with Crippen molar-refractivity contribution in [2.75, 3.05) is 19.6 Å². The number of amides is 1. The fourth-order valence-corrected chi connectivity index (χ4v) is 5.40. The van der Waals surface area contributed by atoms with E-state index in [1.54, 1.807) is 0 Å². The van der Waals surface area contributed by atoms with Gasteiger partial charge in [0.15, 0.2) is 0 Å². The number of rotatable bonds is 4. The van der Waals surface area contributed by atoms with Gasteiger partial charge in [0, 0.05) is 18.5 Å². The maximum absolute atomic E-state index is 12.6. The average molecular weight is 352 g/mol. The predicted octanol–water partition coefficient (Wildman–Crippen LogP) is 0.218. The number of carbonyl (C=O) groups excluding carboxylic acids is 1. The first-order chi connectivity index (χ1) is 12.2. The first-order valence-corrected chi connectivity index (χ1v) is 10.4. The van der Waals surface area contributed by atoms with Crippen molar-refractivity contribution in [1.82, 2.24) is 10.6 Å². The maximum Gasteiger partial charge on any atom is 0.249 e. The highest BCUT2D eigenvalue weighted by molar-refractivity contribution is 5.81. The molecule has 4 aliphatic rings. The smallest absolute Gasteiger partial charge is 0.249 e. The average Bonchev–Trinajstić information content (AvgIpc) is 3.29. The molecular weight excluding hydrogens is 318 g/mol. The third-order valence-electron chi connectivity index (χ3n) is 6.70. The van der Waals surface area contributed by atoms with Gasteiger partial charge in [0.05, 0.1) is 12.2 Å². The first kappa shape index (κ1) is 17.7. The summed E-state index contributed by atoms with van der Waals surface area (Å²) in [7, 11) is 0. The molecule has 3 aliphatic heterocycles.